The number of rotatable bonds is 3. The Kier molecular flexibility index (Phi) is 4.82. The third kappa shape index (κ3) is 2.86. The molecule has 1 aromatic rings. The van der Waals surface area contributed by atoms with Crippen molar-refractivity contribution in [2.75, 3.05) is 0 Å². The lowest BCUT2D eigenvalue weighted by atomic mass is 9.43. The van der Waals surface area contributed by atoms with E-state index in [1.54, 1.807) is 0 Å². The fourth-order valence-electron chi connectivity index (χ4n) is 5.51. The standard InChI is InChI=1S/C20H30BNO2.ClH/c1-12-6-7-14(13(2)8-12)9-18(22)21-23-17-11-15-10-16(19(15,3)4)20(17,5)24-21;/h6-8,15-18H,9-11,22H2,1-5H3;1H/t15-,16-,17+,18?,20-;/m0./s1. The van der Waals surface area contributed by atoms with Crippen molar-refractivity contribution in [1.82, 2.24) is 0 Å². The Morgan fingerprint density at radius 2 is 1.96 bits per heavy atom. The van der Waals surface area contributed by atoms with Gasteiger partial charge in [-0.2, -0.15) is 0 Å². The van der Waals surface area contributed by atoms with Gasteiger partial charge in [-0.3, -0.25) is 0 Å². The highest BCUT2D eigenvalue weighted by Crippen LogP contribution is 2.65. The van der Waals surface area contributed by atoms with E-state index in [4.69, 9.17) is 15.0 Å². The summed E-state index contributed by atoms with van der Waals surface area (Å²) in [5.74, 6) is 1.25. The minimum Gasteiger partial charge on any atom is -0.404 e. The third-order valence-corrected chi connectivity index (χ3v) is 7.27. The van der Waals surface area contributed by atoms with Crippen LogP contribution in [-0.4, -0.2) is 24.8 Å². The molecule has 0 radical (unpaired) electrons. The van der Waals surface area contributed by atoms with E-state index < -0.39 is 0 Å². The van der Waals surface area contributed by atoms with E-state index in [0.717, 1.165) is 18.8 Å². The molecule has 138 valence electrons. The van der Waals surface area contributed by atoms with Crippen molar-refractivity contribution < 1.29 is 9.31 Å². The lowest BCUT2D eigenvalue weighted by molar-refractivity contribution is -0.199. The van der Waals surface area contributed by atoms with Gasteiger partial charge in [0.2, 0.25) is 0 Å². The van der Waals surface area contributed by atoms with Crippen molar-refractivity contribution in [3.63, 3.8) is 0 Å². The second-order valence-corrected chi connectivity index (χ2v) is 9.14. The summed E-state index contributed by atoms with van der Waals surface area (Å²) in [7, 11) is -0.282. The summed E-state index contributed by atoms with van der Waals surface area (Å²) in [5.41, 5.74) is 10.6. The molecule has 1 saturated heterocycles. The molecular weight excluding hydrogens is 332 g/mol. The Balaban J connectivity index is 0.00000182. The predicted molar refractivity (Wildman–Crippen MR) is 105 cm³/mol. The second-order valence-electron chi connectivity index (χ2n) is 9.14. The van der Waals surface area contributed by atoms with Crippen LogP contribution in [0.3, 0.4) is 0 Å². The smallest absolute Gasteiger partial charge is 0.404 e. The summed E-state index contributed by atoms with van der Waals surface area (Å²) in [5, 5.41) is 0. The first kappa shape index (κ1) is 19.2. The van der Waals surface area contributed by atoms with Gasteiger partial charge in [-0.25, -0.2) is 0 Å². The summed E-state index contributed by atoms with van der Waals surface area (Å²) in [6.45, 7) is 11.3. The first-order chi connectivity index (χ1) is 11.2. The fraction of sp³-hybridized carbons (Fsp3) is 0.700. The SMILES string of the molecule is Cc1ccc(CC(N)B2O[C@@H]3C[C@@H]4C[C@@H](C4(C)C)[C@]3(C)O2)c(C)c1.Cl. The molecule has 1 aromatic carbocycles. The maximum Gasteiger partial charge on any atom is 0.475 e. The van der Waals surface area contributed by atoms with Gasteiger partial charge in [-0.1, -0.05) is 37.6 Å². The zero-order valence-electron chi connectivity index (χ0n) is 16.0. The number of nitrogens with two attached hydrogens (primary N) is 1. The molecule has 5 atom stereocenters. The molecule has 0 aromatic heterocycles. The van der Waals surface area contributed by atoms with Crippen molar-refractivity contribution in [2.45, 2.75) is 71.5 Å². The zero-order valence-corrected chi connectivity index (χ0v) is 16.9. The Morgan fingerprint density at radius 1 is 1.24 bits per heavy atom. The average molecular weight is 364 g/mol. The molecule has 2 bridgehead atoms. The summed E-state index contributed by atoms with van der Waals surface area (Å²) in [6, 6.07) is 6.56. The number of benzene rings is 1. The van der Waals surface area contributed by atoms with Gasteiger partial charge in [0.05, 0.1) is 11.7 Å². The van der Waals surface area contributed by atoms with Crippen molar-refractivity contribution in [1.29, 1.82) is 0 Å². The van der Waals surface area contributed by atoms with E-state index in [2.05, 4.69) is 52.8 Å². The minimum absolute atomic E-state index is 0. The van der Waals surface area contributed by atoms with E-state index >= 15 is 0 Å². The summed E-state index contributed by atoms with van der Waals surface area (Å²) < 4.78 is 12.8. The lowest BCUT2D eigenvalue weighted by Crippen LogP contribution is -2.65. The van der Waals surface area contributed by atoms with Gasteiger partial charge in [0.1, 0.15) is 0 Å². The highest BCUT2D eigenvalue weighted by Gasteiger charge is 2.68. The summed E-state index contributed by atoms with van der Waals surface area (Å²) >= 11 is 0. The van der Waals surface area contributed by atoms with E-state index in [1.807, 2.05) is 0 Å². The van der Waals surface area contributed by atoms with Gasteiger partial charge in [-0.05, 0) is 68.4 Å². The monoisotopic (exact) mass is 363 g/mol. The van der Waals surface area contributed by atoms with Gasteiger partial charge in [-0.15, -0.1) is 12.4 Å². The Hall–Kier alpha value is -0.545. The van der Waals surface area contributed by atoms with Crippen LogP contribution in [0.15, 0.2) is 18.2 Å². The van der Waals surface area contributed by atoms with Gasteiger partial charge < -0.3 is 15.0 Å². The molecule has 0 amide bonds. The molecule has 5 rings (SSSR count). The van der Waals surface area contributed by atoms with E-state index in [-0.39, 0.29) is 37.2 Å². The average Bonchev–Trinajstić information content (AvgIpc) is 2.86. The normalized spacial score (nSPS) is 36.2. The predicted octanol–water partition coefficient (Wildman–Crippen LogP) is 3.86. The van der Waals surface area contributed by atoms with Crippen LogP contribution in [0.25, 0.3) is 0 Å². The number of hydrogen-bond acceptors (Lipinski definition) is 3. The molecule has 4 fully saturated rings. The van der Waals surface area contributed by atoms with Crippen molar-refractivity contribution in [3.8, 4) is 0 Å². The van der Waals surface area contributed by atoms with Crippen LogP contribution in [0, 0.1) is 31.1 Å². The fourth-order valence-corrected chi connectivity index (χ4v) is 5.51. The molecule has 1 aliphatic heterocycles. The molecule has 3 saturated carbocycles. The number of aryl methyl sites for hydroxylation is 2. The van der Waals surface area contributed by atoms with E-state index in [1.165, 1.54) is 23.1 Å². The van der Waals surface area contributed by atoms with Gasteiger partial charge in [0.15, 0.2) is 0 Å². The molecule has 4 aliphatic rings. The molecule has 1 unspecified atom stereocenters. The van der Waals surface area contributed by atoms with Crippen LogP contribution < -0.4 is 5.73 Å². The largest absolute Gasteiger partial charge is 0.475 e. The van der Waals surface area contributed by atoms with Crippen molar-refractivity contribution >= 4 is 19.5 Å². The molecular formula is C20H31BClNO2. The molecule has 0 spiro atoms. The molecule has 2 N–H and O–H groups in total. The Morgan fingerprint density at radius 3 is 2.60 bits per heavy atom. The highest BCUT2D eigenvalue weighted by molar-refractivity contribution is 6.47. The maximum absolute atomic E-state index is 6.51. The van der Waals surface area contributed by atoms with Crippen molar-refractivity contribution in [3.05, 3.63) is 34.9 Å². The molecule has 3 nitrogen and oxygen atoms in total. The van der Waals surface area contributed by atoms with Gasteiger partial charge >= 0.3 is 7.12 Å². The minimum atomic E-state index is -0.282. The Bertz CT molecular complexity index is 667. The van der Waals surface area contributed by atoms with Crippen molar-refractivity contribution in [2.24, 2.45) is 23.0 Å². The molecule has 5 heteroatoms. The molecule has 1 heterocycles. The first-order valence-corrected chi connectivity index (χ1v) is 9.37. The van der Waals surface area contributed by atoms with Gasteiger partial charge in [0, 0.05) is 5.94 Å². The summed E-state index contributed by atoms with van der Waals surface area (Å²) in [6.07, 6.45) is 3.41. The quantitative estimate of drug-likeness (QED) is 0.829. The van der Waals surface area contributed by atoms with Crippen LogP contribution >= 0.6 is 12.4 Å². The van der Waals surface area contributed by atoms with Crippen LogP contribution in [-0.2, 0) is 15.7 Å². The molecule has 25 heavy (non-hydrogen) atoms. The van der Waals surface area contributed by atoms with Crippen LogP contribution in [0.2, 0.25) is 0 Å². The van der Waals surface area contributed by atoms with Crippen LogP contribution in [0.5, 0.6) is 0 Å². The molecule has 3 aliphatic carbocycles. The van der Waals surface area contributed by atoms with E-state index in [0.29, 0.717) is 11.3 Å². The summed E-state index contributed by atoms with van der Waals surface area (Å²) in [4.78, 5) is 0. The Labute approximate surface area is 158 Å². The second kappa shape index (κ2) is 6.26. The van der Waals surface area contributed by atoms with E-state index in [9.17, 15) is 0 Å². The zero-order chi connectivity index (χ0) is 17.3. The van der Waals surface area contributed by atoms with Gasteiger partial charge in [0.25, 0.3) is 0 Å². The number of hydrogen-bond donors (Lipinski definition) is 1. The first-order valence-electron chi connectivity index (χ1n) is 9.37. The van der Waals surface area contributed by atoms with Crippen LogP contribution in [0.4, 0.5) is 0 Å². The lowest BCUT2D eigenvalue weighted by Gasteiger charge is -2.64. The maximum atomic E-state index is 6.51. The topological polar surface area (TPSA) is 44.5 Å². The number of halogens is 1. The van der Waals surface area contributed by atoms with Crippen LogP contribution in [0.1, 0.15) is 50.3 Å². The highest BCUT2D eigenvalue weighted by atomic mass is 35.5. The third-order valence-electron chi connectivity index (χ3n) is 7.27.